The van der Waals surface area contributed by atoms with Gasteiger partial charge in [0.1, 0.15) is 12.1 Å². The van der Waals surface area contributed by atoms with Crippen LogP contribution in [0.2, 0.25) is 0 Å². The van der Waals surface area contributed by atoms with Crippen LogP contribution in [0.5, 0.6) is 0 Å². The number of rotatable bonds is 24. The molecule has 0 radical (unpaired) electrons. The Balaban J connectivity index is 4.16. The number of aliphatic carboxylic acids is 2. The van der Waals surface area contributed by atoms with Gasteiger partial charge in [-0.25, -0.2) is 9.59 Å². The van der Waals surface area contributed by atoms with Crippen LogP contribution < -0.4 is 10.6 Å². The molecule has 0 aliphatic heterocycles. The lowest BCUT2D eigenvalue weighted by Crippen LogP contribution is -2.43. The Bertz CT molecular complexity index is 637. The van der Waals surface area contributed by atoms with Gasteiger partial charge in [-0.2, -0.15) is 0 Å². The molecule has 36 heavy (non-hydrogen) atoms. The van der Waals surface area contributed by atoms with Crippen molar-refractivity contribution in [3.8, 4) is 0 Å². The molecule has 0 spiro atoms. The maximum Gasteiger partial charge on any atom is 0.327 e. The molecule has 0 aromatic carbocycles. The summed E-state index contributed by atoms with van der Waals surface area (Å²) in [4.78, 5) is 49.3. The molecule has 210 valence electrons. The first kappa shape index (κ1) is 34.5. The van der Waals surface area contributed by atoms with E-state index in [1.165, 1.54) is 28.0 Å². The topological polar surface area (TPSA) is 136 Å². The van der Waals surface area contributed by atoms with Crippen LogP contribution in [0.4, 0.5) is 0 Å². The molecule has 9 nitrogen and oxygen atoms in total. The number of carboxylic acids is 2. The van der Waals surface area contributed by atoms with Gasteiger partial charge in [0.25, 0.3) is 0 Å². The molecular weight excluding hydrogens is 502 g/mol. The number of amides is 2. The normalized spacial score (nSPS) is 12.8. The van der Waals surface area contributed by atoms with Gasteiger partial charge in [-0.15, -0.1) is 0 Å². The van der Waals surface area contributed by atoms with Gasteiger partial charge in [-0.1, -0.05) is 79.9 Å². The van der Waals surface area contributed by atoms with E-state index >= 15 is 0 Å². The average molecular weight is 550 g/mol. The van der Waals surface area contributed by atoms with Crippen molar-refractivity contribution in [3.05, 3.63) is 0 Å². The van der Waals surface area contributed by atoms with E-state index in [-0.39, 0.29) is 23.3 Å². The molecule has 2 atom stereocenters. The van der Waals surface area contributed by atoms with Crippen molar-refractivity contribution >= 4 is 45.3 Å². The lowest BCUT2D eigenvalue weighted by Gasteiger charge is -2.16. The van der Waals surface area contributed by atoms with E-state index in [0.717, 1.165) is 70.8 Å². The number of nitrogens with zero attached hydrogens (tertiary/aromatic N) is 1. The second-order valence-corrected chi connectivity index (χ2v) is 11.9. The van der Waals surface area contributed by atoms with Crippen LogP contribution in [0.15, 0.2) is 0 Å². The minimum atomic E-state index is -1.12. The van der Waals surface area contributed by atoms with Gasteiger partial charge in [0.05, 0.1) is 0 Å². The summed E-state index contributed by atoms with van der Waals surface area (Å²) in [6, 6.07) is -2.08. The molecule has 0 heterocycles. The van der Waals surface area contributed by atoms with Crippen LogP contribution >= 0.6 is 21.6 Å². The highest BCUT2D eigenvalue weighted by molar-refractivity contribution is 8.76. The van der Waals surface area contributed by atoms with Gasteiger partial charge >= 0.3 is 11.9 Å². The summed E-state index contributed by atoms with van der Waals surface area (Å²) < 4.78 is 0. The third-order valence-corrected chi connectivity index (χ3v) is 8.01. The molecule has 0 aliphatic rings. The highest BCUT2D eigenvalue weighted by Crippen LogP contribution is 2.23. The number of unbranched alkanes of at least 4 members (excludes halogenated alkanes) is 9. The molecule has 0 saturated carbocycles. The Labute approximate surface area is 224 Å². The smallest absolute Gasteiger partial charge is 0.327 e. The fourth-order valence-corrected chi connectivity index (χ4v) is 5.73. The number of hydrogen-bond acceptors (Lipinski definition) is 7. The largest absolute Gasteiger partial charge is 0.480 e. The van der Waals surface area contributed by atoms with Crippen molar-refractivity contribution in [1.82, 2.24) is 15.5 Å². The molecule has 2 amide bonds. The molecular formula is C25H47N3O6S2. The van der Waals surface area contributed by atoms with Crippen LogP contribution in [0.3, 0.4) is 0 Å². The maximum absolute atomic E-state index is 12.1. The third-order valence-electron chi connectivity index (χ3n) is 5.59. The van der Waals surface area contributed by atoms with E-state index in [0.29, 0.717) is 12.8 Å². The highest BCUT2D eigenvalue weighted by atomic mass is 33.1. The van der Waals surface area contributed by atoms with Crippen LogP contribution in [-0.2, 0) is 19.2 Å². The predicted octanol–water partition coefficient (Wildman–Crippen LogP) is 4.16. The van der Waals surface area contributed by atoms with E-state index in [2.05, 4.69) is 22.5 Å². The van der Waals surface area contributed by atoms with Gasteiger partial charge in [-0.3, -0.25) is 9.59 Å². The molecule has 0 aromatic heterocycles. The molecule has 2 unspecified atom stereocenters. The van der Waals surface area contributed by atoms with E-state index in [1.807, 2.05) is 14.1 Å². The fourth-order valence-electron chi connectivity index (χ4n) is 3.42. The molecule has 0 rings (SSSR count). The molecule has 0 bridgehead atoms. The summed E-state index contributed by atoms with van der Waals surface area (Å²) in [5.74, 6) is -2.60. The highest BCUT2D eigenvalue weighted by Gasteiger charge is 2.22. The summed E-state index contributed by atoms with van der Waals surface area (Å²) in [5.41, 5.74) is 0. The van der Waals surface area contributed by atoms with Crippen molar-refractivity contribution < 1.29 is 29.4 Å². The summed E-state index contributed by atoms with van der Waals surface area (Å²) in [6.45, 7) is 3.19. The maximum atomic E-state index is 12.1. The SMILES string of the molecule is CCCCCCCCC(=O)NC(CSSCC(NC(=O)CCCCCCCN(C)C)C(=O)O)C(=O)O. The fraction of sp³-hybridized carbons (Fsp3) is 0.840. The third kappa shape index (κ3) is 20.7. The van der Waals surface area contributed by atoms with Gasteiger partial charge in [0.2, 0.25) is 11.8 Å². The first-order valence-corrected chi connectivity index (χ1v) is 15.6. The minimum absolute atomic E-state index is 0.105. The Kier molecular flexibility index (Phi) is 21.8. The second kappa shape index (κ2) is 22.7. The summed E-state index contributed by atoms with van der Waals surface area (Å²) >= 11 is 0. The zero-order chi connectivity index (χ0) is 27.2. The van der Waals surface area contributed by atoms with E-state index in [4.69, 9.17) is 0 Å². The number of carbonyl (C=O) groups is 4. The van der Waals surface area contributed by atoms with Crippen molar-refractivity contribution in [2.24, 2.45) is 0 Å². The first-order valence-electron chi connectivity index (χ1n) is 13.1. The van der Waals surface area contributed by atoms with Crippen LogP contribution in [0.1, 0.15) is 90.4 Å². The van der Waals surface area contributed by atoms with E-state index in [1.54, 1.807) is 0 Å². The predicted molar refractivity (Wildman–Crippen MR) is 148 cm³/mol. The molecule has 4 N–H and O–H groups in total. The van der Waals surface area contributed by atoms with Crippen molar-refractivity contribution in [3.63, 3.8) is 0 Å². The van der Waals surface area contributed by atoms with Crippen LogP contribution in [-0.4, -0.2) is 83.1 Å². The Morgan fingerprint density at radius 2 is 1.06 bits per heavy atom. The Morgan fingerprint density at radius 1 is 0.667 bits per heavy atom. The lowest BCUT2D eigenvalue weighted by molar-refractivity contribution is -0.141. The average Bonchev–Trinajstić information content (AvgIpc) is 2.81. The first-order chi connectivity index (χ1) is 17.2. The lowest BCUT2D eigenvalue weighted by atomic mass is 10.1. The Morgan fingerprint density at radius 3 is 1.44 bits per heavy atom. The van der Waals surface area contributed by atoms with E-state index < -0.39 is 24.0 Å². The van der Waals surface area contributed by atoms with Gasteiger partial charge in [0, 0.05) is 24.3 Å². The number of nitrogens with one attached hydrogen (secondary N) is 2. The standard InChI is InChI=1S/C25H47N3O6S2/c1-4-5-6-7-9-12-15-22(29)26-20(24(31)32)18-35-36-19-21(25(33)34)27-23(30)16-13-10-8-11-14-17-28(2)3/h20-21H,4-19H2,1-3H3,(H,26,29)(H,27,30)(H,31,32)(H,33,34). The monoisotopic (exact) mass is 549 g/mol. The van der Waals surface area contributed by atoms with Crippen molar-refractivity contribution in [2.45, 2.75) is 102 Å². The summed E-state index contributed by atoms with van der Waals surface area (Å²) in [7, 11) is 6.44. The Hall–Kier alpha value is -1.46. The summed E-state index contributed by atoms with van der Waals surface area (Å²) in [5, 5.41) is 23.9. The number of carbonyl (C=O) groups excluding carboxylic acids is 2. The van der Waals surface area contributed by atoms with Gasteiger partial charge < -0.3 is 25.7 Å². The van der Waals surface area contributed by atoms with Gasteiger partial charge in [0.15, 0.2) is 0 Å². The van der Waals surface area contributed by atoms with Crippen molar-refractivity contribution in [1.29, 1.82) is 0 Å². The second-order valence-electron chi connectivity index (χ2n) is 9.32. The molecule has 0 saturated heterocycles. The molecule has 0 fully saturated rings. The zero-order valence-corrected chi connectivity index (χ0v) is 23.9. The molecule has 11 heteroatoms. The van der Waals surface area contributed by atoms with Crippen molar-refractivity contribution in [2.75, 3.05) is 32.1 Å². The van der Waals surface area contributed by atoms with Crippen LogP contribution in [0, 0.1) is 0 Å². The number of hydrogen-bond donors (Lipinski definition) is 4. The summed E-state index contributed by atoms with van der Waals surface area (Å²) in [6.07, 6.45) is 11.8. The minimum Gasteiger partial charge on any atom is -0.480 e. The molecule has 0 aliphatic carbocycles. The zero-order valence-electron chi connectivity index (χ0n) is 22.3. The van der Waals surface area contributed by atoms with Gasteiger partial charge in [-0.05, 0) is 39.9 Å². The number of carboxylic acid groups (broad SMARTS) is 2. The van der Waals surface area contributed by atoms with E-state index in [9.17, 15) is 29.4 Å². The molecule has 0 aromatic rings. The quantitative estimate of drug-likeness (QED) is 0.103. The van der Waals surface area contributed by atoms with Crippen LogP contribution in [0.25, 0.3) is 0 Å².